The van der Waals surface area contributed by atoms with E-state index >= 15 is 0 Å². The summed E-state index contributed by atoms with van der Waals surface area (Å²) in [4.78, 5) is -0.125. The van der Waals surface area contributed by atoms with Gasteiger partial charge < -0.3 is 0 Å². The maximum absolute atomic E-state index is 12.7. The largest absolute Gasteiger partial charge is 0.242 e. The van der Waals surface area contributed by atoms with Gasteiger partial charge in [0.25, 0.3) is 0 Å². The van der Waals surface area contributed by atoms with Crippen molar-refractivity contribution in [1.29, 1.82) is 0 Å². The molecular weight excluding hydrogens is 253 g/mol. The molecule has 3 nitrogen and oxygen atoms in total. The summed E-state index contributed by atoms with van der Waals surface area (Å²) in [5.74, 6) is -0.574. The third-order valence-electron chi connectivity index (χ3n) is 1.82. The summed E-state index contributed by atoms with van der Waals surface area (Å²) in [5, 5.41) is -0.133. The van der Waals surface area contributed by atoms with E-state index in [4.69, 9.17) is 11.6 Å². The molecule has 0 heterocycles. The SMILES string of the molecule is C=CCCNS(=O)(=O)c1ccc(F)cc1Cl. The Balaban J connectivity index is 2.94. The molecule has 0 atom stereocenters. The van der Waals surface area contributed by atoms with E-state index in [0.717, 1.165) is 18.2 Å². The Bertz CT molecular complexity index is 488. The molecule has 6 heteroatoms. The van der Waals surface area contributed by atoms with Gasteiger partial charge in [-0.1, -0.05) is 17.7 Å². The summed E-state index contributed by atoms with van der Waals surface area (Å²) >= 11 is 5.65. The highest BCUT2D eigenvalue weighted by Crippen LogP contribution is 2.21. The monoisotopic (exact) mass is 263 g/mol. The van der Waals surface area contributed by atoms with Crippen LogP contribution in [-0.4, -0.2) is 15.0 Å². The number of sulfonamides is 1. The molecule has 0 unspecified atom stereocenters. The van der Waals surface area contributed by atoms with E-state index in [-0.39, 0.29) is 16.5 Å². The lowest BCUT2D eigenvalue weighted by atomic mass is 10.3. The number of halogens is 2. The van der Waals surface area contributed by atoms with Gasteiger partial charge >= 0.3 is 0 Å². The summed E-state index contributed by atoms with van der Waals surface area (Å²) in [6, 6.07) is 3.14. The van der Waals surface area contributed by atoms with Crippen LogP contribution in [0.15, 0.2) is 35.7 Å². The molecule has 1 aromatic rings. The fourth-order valence-corrected chi connectivity index (χ4v) is 2.64. The average molecular weight is 264 g/mol. The lowest BCUT2D eigenvalue weighted by Gasteiger charge is -2.07. The zero-order valence-electron chi connectivity index (χ0n) is 8.41. The van der Waals surface area contributed by atoms with Crippen LogP contribution in [0.1, 0.15) is 6.42 Å². The van der Waals surface area contributed by atoms with Gasteiger partial charge in [-0.3, -0.25) is 0 Å². The van der Waals surface area contributed by atoms with Gasteiger partial charge in [0.2, 0.25) is 10.0 Å². The number of hydrogen-bond donors (Lipinski definition) is 1. The molecule has 16 heavy (non-hydrogen) atoms. The van der Waals surface area contributed by atoms with Crippen LogP contribution in [0, 0.1) is 5.82 Å². The van der Waals surface area contributed by atoms with Crippen LogP contribution < -0.4 is 4.72 Å². The molecule has 0 aliphatic rings. The normalized spacial score (nSPS) is 11.4. The Labute approximate surface area is 99.0 Å². The van der Waals surface area contributed by atoms with E-state index < -0.39 is 15.8 Å². The molecular formula is C10H11ClFNO2S. The second kappa shape index (κ2) is 5.43. The molecule has 1 rings (SSSR count). The van der Waals surface area contributed by atoms with Crippen molar-refractivity contribution in [2.45, 2.75) is 11.3 Å². The van der Waals surface area contributed by atoms with Crippen LogP contribution in [0.25, 0.3) is 0 Å². The van der Waals surface area contributed by atoms with Crippen molar-refractivity contribution < 1.29 is 12.8 Å². The molecule has 0 saturated carbocycles. The van der Waals surface area contributed by atoms with Crippen molar-refractivity contribution in [1.82, 2.24) is 4.72 Å². The van der Waals surface area contributed by atoms with Crippen LogP contribution in [-0.2, 0) is 10.0 Å². The first kappa shape index (κ1) is 13.2. The van der Waals surface area contributed by atoms with E-state index in [1.165, 1.54) is 0 Å². The van der Waals surface area contributed by atoms with Crippen LogP contribution in [0.4, 0.5) is 4.39 Å². The van der Waals surface area contributed by atoms with Crippen molar-refractivity contribution >= 4 is 21.6 Å². The summed E-state index contributed by atoms with van der Waals surface area (Å²) in [6.45, 7) is 3.71. The zero-order chi connectivity index (χ0) is 12.2. The van der Waals surface area contributed by atoms with Crippen molar-refractivity contribution in [3.63, 3.8) is 0 Å². The van der Waals surface area contributed by atoms with Gasteiger partial charge in [-0.15, -0.1) is 6.58 Å². The molecule has 0 aromatic heterocycles. The maximum atomic E-state index is 12.7. The third kappa shape index (κ3) is 3.30. The van der Waals surface area contributed by atoms with Gasteiger partial charge in [0.15, 0.2) is 0 Å². The van der Waals surface area contributed by atoms with Crippen molar-refractivity contribution in [3.05, 3.63) is 41.7 Å². The molecule has 0 bridgehead atoms. The van der Waals surface area contributed by atoms with Gasteiger partial charge in [0.05, 0.1) is 5.02 Å². The smallest absolute Gasteiger partial charge is 0.211 e. The minimum Gasteiger partial charge on any atom is -0.211 e. The molecule has 0 aliphatic carbocycles. The van der Waals surface area contributed by atoms with Gasteiger partial charge in [-0.05, 0) is 24.6 Å². The minimum absolute atomic E-state index is 0.125. The highest BCUT2D eigenvalue weighted by Gasteiger charge is 2.17. The minimum atomic E-state index is -3.68. The first-order valence-electron chi connectivity index (χ1n) is 4.53. The Morgan fingerprint density at radius 2 is 2.19 bits per heavy atom. The zero-order valence-corrected chi connectivity index (χ0v) is 9.98. The number of benzene rings is 1. The summed E-state index contributed by atoms with van der Waals surface area (Å²) in [6.07, 6.45) is 2.10. The highest BCUT2D eigenvalue weighted by atomic mass is 35.5. The lowest BCUT2D eigenvalue weighted by molar-refractivity contribution is 0.581. The van der Waals surface area contributed by atoms with Gasteiger partial charge in [-0.25, -0.2) is 17.5 Å². The second-order valence-electron chi connectivity index (χ2n) is 3.05. The van der Waals surface area contributed by atoms with Crippen molar-refractivity contribution in [2.24, 2.45) is 0 Å². The molecule has 0 aliphatic heterocycles. The number of nitrogens with one attached hydrogen (secondary N) is 1. The van der Waals surface area contributed by atoms with Crippen molar-refractivity contribution in [3.8, 4) is 0 Å². The predicted molar refractivity (Wildman–Crippen MR) is 61.4 cm³/mol. The van der Waals surface area contributed by atoms with E-state index in [9.17, 15) is 12.8 Å². The Morgan fingerprint density at radius 1 is 1.50 bits per heavy atom. The number of hydrogen-bond acceptors (Lipinski definition) is 2. The second-order valence-corrected chi connectivity index (χ2v) is 5.19. The summed E-state index contributed by atoms with van der Waals surface area (Å²) in [5.41, 5.74) is 0. The van der Waals surface area contributed by atoms with Crippen LogP contribution in [0.5, 0.6) is 0 Å². The predicted octanol–water partition coefficient (Wildman–Crippen LogP) is 2.33. The molecule has 88 valence electrons. The van der Waals surface area contributed by atoms with E-state index in [1.54, 1.807) is 6.08 Å². The molecule has 0 saturated heterocycles. The van der Waals surface area contributed by atoms with E-state index in [1.807, 2.05) is 0 Å². The van der Waals surface area contributed by atoms with Crippen LogP contribution in [0.3, 0.4) is 0 Å². The number of rotatable bonds is 5. The van der Waals surface area contributed by atoms with Crippen LogP contribution >= 0.6 is 11.6 Å². The van der Waals surface area contributed by atoms with Gasteiger partial charge in [0, 0.05) is 6.54 Å². The van der Waals surface area contributed by atoms with Crippen LogP contribution in [0.2, 0.25) is 5.02 Å². The highest BCUT2D eigenvalue weighted by molar-refractivity contribution is 7.89. The van der Waals surface area contributed by atoms with Crippen molar-refractivity contribution in [2.75, 3.05) is 6.54 Å². The quantitative estimate of drug-likeness (QED) is 0.655. The molecule has 1 N–H and O–H groups in total. The molecule has 0 spiro atoms. The van der Waals surface area contributed by atoms with E-state index in [0.29, 0.717) is 6.42 Å². The first-order chi connectivity index (χ1) is 7.47. The molecule has 0 radical (unpaired) electrons. The fraction of sp³-hybridized carbons (Fsp3) is 0.200. The van der Waals surface area contributed by atoms with E-state index in [2.05, 4.69) is 11.3 Å². The maximum Gasteiger partial charge on any atom is 0.242 e. The molecule has 0 amide bonds. The standard InChI is InChI=1S/C10H11ClFNO2S/c1-2-3-6-13-16(14,15)10-5-4-8(12)7-9(10)11/h2,4-5,7,13H,1,3,6H2. The Kier molecular flexibility index (Phi) is 4.46. The first-order valence-corrected chi connectivity index (χ1v) is 6.39. The Hall–Kier alpha value is -0.910. The molecule has 0 fully saturated rings. The average Bonchev–Trinajstić information content (AvgIpc) is 2.17. The third-order valence-corrected chi connectivity index (χ3v) is 3.77. The fourth-order valence-electron chi connectivity index (χ4n) is 1.07. The summed E-state index contributed by atoms with van der Waals surface area (Å²) < 4.78 is 38.4. The van der Waals surface area contributed by atoms with Gasteiger partial charge in [-0.2, -0.15) is 0 Å². The topological polar surface area (TPSA) is 46.2 Å². The molecule has 1 aromatic carbocycles. The Morgan fingerprint density at radius 3 is 2.75 bits per heavy atom. The lowest BCUT2D eigenvalue weighted by Crippen LogP contribution is -2.24. The van der Waals surface area contributed by atoms with Gasteiger partial charge in [0.1, 0.15) is 10.7 Å². The summed E-state index contributed by atoms with van der Waals surface area (Å²) in [7, 11) is -3.68.